The Kier molecular flexibility index (Phi) is 5.09. The fourth-order valence-electron chi connectivity index (χ4n) is 1.11. The fourth-order valence-corrected chi connectivity index (χ4v) is 2.38. The van der Waals surface area contributed by atoms with Gasteiger partial charge in [-0.2, -0.15) is 0 Å². The number of sulfonamides is 1. The predicted molar refractivity (Wildman–Crippen MR) is 68.1 cm³/mol. The van der Waals surface area contributed by atoms with Crippen LogP contribution in [0.4, 0.5) is 10.1 Å². The van der Waals surface area contributed by atoms with Crippen molar-refractivity contribution in [1.29, 1.82) is 0 Å². The maximum Gasteiger partial charge on any atom is 0.306 e. The number of nitrogens with one attached hydrogen (secondary N) is 1. The van der Waals surface area contributed by atoms with Crippen LogP contribution >= 0.6 is 15.9 Å². The van der Waals surface area contributed by atoms with Crippen LogP contribution in [0.15, 0.2) is 22.7 Å². The van der Waals surface area contributed by atoms with Crippen LogP contribution in [0, 0.1) is 5.82 Å². The summed E-state index contributed by atoms with van der Waals surface area (Å²) in [4.78, 5) is 10.8. The minimum Gasteiger partial charge on any atom is -0.469 e. The fraction of sp³-hybridized carbons (Fsp3) is 0.300. The number of hydrogen-bond acceptors (Lipinski definition) is 4. The highest BCUT2D eigenvalue weighted by Gasteiger charge is 2.14. The molecular formula is C10H11BrFNO4S. The molecule has 0 fully saturated rings. The molecule has 0 aliphatic carbocycles. The van der Waals surface area contributed by atoms with Crippen LogP contribution in [0.3, 0.4) is 0 Å². The number of rotatable bonds is 5. The van der Waals surface area contributed by atoms with Crippen LogP contribution in [0.5, 0.6) is 0 Å². The lowest BCUT2D eigenvalue weighted by Gasteiger charge is -2.07. The number of esters is 1. The topological polar surface area (TPSA) is 72.5 Å². The van der Waals surface area contributed by atoms with E-state index in [0.29, 0.717) is 0 Å². The third-order valence-electron chi connectivity index (χ3n) is 2.00. The monoisotopic (exact) mass is 339 g/mol. The van der Waals surface area contributed by atoms with Gasteiger partial charge in [0.25, 0.3) is 0 Å². The standard InChI is InChI=1S/C10H11BrFNO4S/c1-17-10(14)4-5-18(15,16)13-7-2-3-8(11)9(12)6-7/h2-3,6,13H,4-5H2,1H3. The molecule has 0 aliphatic rings. The summed E-state index contributed by atoms with van der Waals surface area (Å²) in [6.45, 7) is 0. The summed E-state index contributed by atoms with van der Waals surface area (Å²) in [5, 5.41) is 0. The zero-order valence-electron chi connectivity index (χ0n) is 9.44. The van der Waals surface area contributed by atoms with Crippen molar-refractivity contribution in [2.24, 2.45) is 0 Å². The highest BCUT2D eigenvalue weighted by molar-refractivity contribution is 9.10. The zero-order valence-corrected chi connectivity index (χ0v) is 11.8. The first-order chi connectivity index (χ1) is 8.34. The van der Waals surface area contributed by atoms with E-state index >= 15 is 0 Å². The SMILES string of the molecule is COC(=O)CCS(=O)(=O)Nc1ccc(Br)c(F)c1. The Bertz CT molecular complexity index is 547. The zero-order chi connectivity index (χ0) is 13.8. The first-order valence-corrected chi connectivity index (χ1v) is 7.31. The average Bonchev–Trinajstić information content (AvgIpc) is 2.30. The molecule has 5 nitrogen and oxygen atoms in total. The molecule has 1 aromatic carbocycles. The van der Waals surface area contributed by atoms with Crippen molar-refractivity contribution in [2.45, 2.75) is 6.42 Å². The van der Waals surface area contributed by atoms with Crippen molar-refractivity contribution in [3.8, 4) is 0 Å². The van der Waals surface area contributed by atoms with Crippen LogP contribution in [-0.4, -0.2) is 27.2 Å². The number of ether oxygens (including phenoxy) is 1. The van der Waals surface area contributed by atoms with Crippen LogP contribution in [0.25, 0.3) is 0 Å². The molecule has 0 bridgehead atoms. The van der Waals surface area contributed by atoms with Gasteiger partial charge in [0.15, 0.2) is 0 Å². The number of halogens is 2. The molecular weight excluding hydrogens is 329 g/mol. The van der Waals surface area contributed by atoms with E-state index in [0.717, 1.165) is 6.07 Å². The largest absolute Gasteiger partial charge is 0.469 e. The smallest absolute Gasteiger partial charge is 0.306 e. The summed E-state index contributed by atoms with van der Waals surface area (Å²) in [6.07, 6.45) is -0.259. The summed E-state index contributed by atoms with van der Waals surface area (Å²) in [6, 6.07) is 3.83. The molecule has 8 heteroatoms. The van der Waals surface area contributed by atoms with Crippen LogP contribution in [0.2, 0.25) is 0 Å². The molecule has 0 spiro atoms. The van der Waals surface area contributed by atoms with Gasteiger partial charge in [0.1, 0.15) is 5.82 Å². The van der Waals surface area contributed by atoms with Crippen LogP contribution < -0.4 is 4.72 Å². The van der Waals surface area contributed by atoms with Crippen molar-refractivity contribution in [1.82, 2.24) is 0 Å². The second kappa shape index (κ2) is 6.14. The molecule has 0 radical (unpaired) electrons. The van der Waals surface area contributed by atoms with Gasteiger partial charge in [-0.05, 0) is 34.1 Å². The number of benzene rings is 1. The number of methoxy groups -OCH3 is 1. The summed E-state index contributed by atoms with van der Waals surface area (Å²) in [5.74, 6) is -1.62. The van der Waals surface area contributed by atoms with Crippen molar-refractivity contribution < 1.29 is 22.3 Å². The Labute approximate surface area is 113 Å². The Balaban J connectivity index is 2.70. The van der Waals surface area contributed by atoms with E-state index < -0.39 is 27.6 Å². The molecule has 0 saturated heterocycles. The van der Waals surface area contributed by atoms with Crippen molar-refractivity contribution in [2.75, 3.05) is 17.6 Å². The highest BCUT2D eigenvalue weighted by Crippen LogP contribution is 2.20. The first kappa shape index (κ1) is 14.9. The average molecular weight is 340 g/mol. The first-order valence-electron chi connectivity index (χ1n) is 4.86. The molecule has 0 aromatic heterocycles. The maximum atomic E-state index is 13.2. The lowest BCUT2D eigenvalue weighted by atomic mass is 10.3. The van der Waals surface area contributed by atoms with Gasteiger partial charge in [-0.1, -0.05) is 0 Å². The number of carbonyl (C=O) groups is 1. The third-order valence-corrected chi connectivity index (χ3v) is 3.93. The summed E-state index contributed by atoms with van der Waals surface area (Å²) < 4.78 is 43.0. The molecule has 0 saturated carbocycles. The Morgan fingerprint density at radius 3 is 2.72 bits per heavy atom. The number of hydrogen-bond donors (Lipinski definition) is 1. The second-order valence-electron chi connectivity index (χ2n) is 3.38. The minimum atomic E-state index is -3.70. The van der Waals surface area contributed by atoms with E-state index in [1.165, 1.54) is 19.2 Å². The van der Waals surface area contributed by atoms with E-state index in [1.807, 2.05) is 0 Å². The quantitative estimate of drug-likeness (QED) is 0.831. The summed E-state index contributed by atoms with van der Waals surface area (Å²) >= 11 is 2.95. The summed E-state index contributed by atoms with van der Waals surface area (Å²) in [5.41, 5.74) is 0.0977. The lowest BCUT2D eigenvalue weighted by molar-refractivity contribution is -0.140. The van der Waals surface area contributed by atoms with Crippen molar-refractivity contribution in [3.63, 3.8) is 0 Å². The molecule has 0 atom stereocenters. The van der Waals surface area contributed by atoms with E-state index in [-0.39, 0.29) is 16.6 Å². The molecule has 0 heterocycles. The number of carbonyl (C=O) groups excluding carboxylic acids is 1. The molecule has 0 amide bonds. The highest BCUT2D eigenvalue weighted by atomic mass is 79.9. The van der Waals surface area contributed by atoms with Crippen molar-refractivity contribution >= 4 is 37.6 Å². The Hall–Kier alpha value is -1.15. The normalized spacial score (nSPS) is 11.1. The minimum absolute atomic E-state index is 0.0977. The molecule has 0 aliphatic heterocycles. The van der Waals surface area contributed by atoms with Gasteiger partial charge in [0.05, 0.1) is 29.4 Å². The van der Waals surface area contributed by atoms with Gasteiger partial charge in [-0.15, -0.1) is 0 Å². The Morgan fingerprint density at radius 2 is 2.17 bits per heavy atom. The van der Waals surface area contributed by atoms with Gasteiger partial charge in [-0.3, -0.25) is 9.52 Å². The van der Waals surface area contributed by atoms with E-state index in [1.54, 1.807) is 0 Å². The van der Waals surface area contributed by atoms with E-state index in [9.17, 15) is 17.6 Å². The second-order valence-corrected chi connectivity index (χ2v) is 6.07. The van der Waals surface area contributed by atoms with Gasteiger partial charge >= 0.3 is 5.97 Å². The van der Waals surface area contributed by atoms with E-state index in [2.05, 4.69) is 25.4 Å². The van der Waals surface area contributed by atoms with E-state index in [4.69, 9.17) is 0 Å². The molecule has 18 heavy (non-hydrogen) atoms. The lowest BCUT2D eigenvalue weighted by Crippen LogP contribution is -2.19. The number of anilines is 1. The molecule has 100 valence electrons. The third kappa shape index (κ3) is 4.61. The van der Waals surface area contributed by atoms with Crippen LogP contribution in [-0.2, 0) is 19.6 Å². The molecule has 1 rings (SSSR count). The van der Waals surface area contributed by atoms with Gasteiger partial charge in [0.2, 0.25) is 10.0 Å². The van der Waals surface area contributed by atoms with Gasteiger partial charge in [-0.25, -0.2) is 12.8 Å². The van der Waals surface area contributed by atoms with Gasteiger partial charge < -0.3 is 4.74 Å². The van der Waals surface area contributed by atoms with Crippen molar-refractivity contribution in [3.05, 3.63) is 28.5 Å². The molecule has 1 N–H and O–H groups in total. The summed E-state index contributed by atoms with van der Waals surface area (Å²) in [7, 11) is -2.53. The maximum absolute atomic E-state index is 13.2. The van der Waals surface area contributed by atoms with Crippen LogP contribution in [0.1, 0.15) is 6.42 Å². The Morgan fingerprint density at radius 1 is 1.50 bits per heavy atom. The molecule has 1 aromatic rings. The van der Waals surface area contributed by atoms with Gasteiger partial charge in [0, 0.05) is 0 Å². The predicted octanol–water partition coefficient (Wildman–Crippen LogP) is 1.89. The molecule has 0 unspecified atom stereocenters.